The minimum absolute atomic E-state index is 0.112. The topological polar surface area (TPSA) is 77.8 Å². The van der Waals surface area contributed by atoms with E-state index in [2.05, 4.69) is 0 Å². The molecule has 0 atom stereocenters. The molecule has 0 saturated carbocycles. The minimum atomic E-state index is -1.05. The highest BCUT2D eigenvalue weighted by Gasteiger charge is 2.21. The SMILES string of the molecule is Cc1cc(C(=O)N(CC(=O)O)C(C)C)ccc1O. The summed E-state index contributed by atoms with van der Waals surface area (Å²) in [5, 5.41) is 18.2. The van der Waals surface area contributed by atoms with Crippen LogP contribution in [0.5, 0.6) is 5.75 Å². The third-order valence-corrected chi connectivity index (χ3v) is 2.63. The lowest BCUT2D eigenvalue weighted by Crippen LogP contribution is -2.40. The van der Waals surface area contributed by atoms with E-state index in [0.717, 1.165) is 0 Å². The molecule has 98 valence electrons. The van der Waals surface area contributed by atoms with E-state index in [1.165, 1.54) is 17.0 Å². The van der Waals surface area contributed by atoms with Gasteiger partial charge in [0.15, 0.2) is 0 Å². The Labute approximate surface area is 106 Å². The van der Waals surface area contributed by atoms with E-state index in [4.69, 9.17) is 5.11 Å². The molecular formula is C13H17NO4. The Morgan fingerprint density at radius 3 is 2.39 bits per heavy atom. The molecule has 0 radical (unpaired) electrons. The van der Waals surface area contributed by atoms with Gasteiger partial charge in [0.05, 0.1) is 0 Å². The number of hydrogen-bond donors (Lipinski definition) is 2. The van der Waals surface area contributed by atoms with Crippen LogP contribution in [0.3, 0.4) is 0 Å². The third kappa shape index (κ3) is 3.23. The first-order valence-electron chi connectivity index (χ1n) is 5.65. The second-order valence-corrected chi connectivity index (χ2v) is 4.42. The number of carbonyl (C=O) groups is 2. The van der Waals surface area contributed by atoms with Gasteiger partial charge in [-0.3, -0.25) is 9.59 Å². The van der Waals surface area contributed by atoms with Gasteiger partial charge in [0.1, 0.15) is 12.3 Å². The first-order valence-corrected chi connectivity index (χ1v) is 5.65. The molecule has 1 aromatic carbocycles. The van der Waals surface area contributed by atoms with E-state index in [1.807, 2.05) is 0 Å². The van der Waals surface area contributed by atoms with Crippen LogP contribution in [0.2, 0.25) is 0 Å². The van der Waals surface area contributed by atoms with Gasteiger partial charge in [-0.1, -0.05) is 0 Å². The van der Waals surface area contributed by atoms with Crippen molar-refractivity contribution in [2.24, 2.45) is 0 Å². The van der Waals surface area contributed by atoms with Crippen molar-refractivity contribution in [2.75, 3.05) is 6.54 Å². The number of phenolic OH excluding ortho intramolecular Hbond substituents is 1. The zero-order valence-corrected chi connectivity index (χ0v) is 10.7. The standard InChI is InChI=1S/C13H17NO4/c1-8(2)14(7-12(16)17)13(18)10-4-5-11(15)9(3)6-10/h4-6,8,15H,7H2,1-3H3,(H,16,17). The van der Waals surface area contributed by atoms with Crippen molar-refractivity contribution in [3.05, 3.63) is 29.3 Å². The monoisotopic (exact) mass is 251 g/mol. The minimum Gasteiger partial charge on any atom is -0.508 e. The Kier molecular flexibility index (Phi) is 4.31. The molecule has 0 aromatic heterocycles. The molecule has 5 nitrogen and oxygen atoms in total. The summed E-state index contributed by atoms with van der Waals surface area (Å²) in [6.45, 7) is 4.86. The fourth-order valence-corrected chi connectivity index (χ4v) is 1.59. The van der Waals surface area contributed by atoms with Crippen molar-refractivity contribution < 1.29 is 19.8 Å². The third-order valence-electron chi connectivity index (χ3n) is 2.63. The summed E-state index contributed by atoms with van der Waals surface area (Å²) in [5.74, 6) is -1.29. The molecule has 0 saturated heterocycles. The van der Waals surface area contributed by atoms with Crippen LogP contribution in [0.1, 0.15) is 29.8 Å². The maximum atomic E-state index is 12.2. The predicted octanol–water partition coefficient (Wildman–Crippen LogP) is 1.64. The first-order chi connectivity index (χ1) is 8.32. The molecule has 0 spiro atoms. The zero-order chi connectivity index (χ0) is 13.9. The van der Waals surface area contributed by atoms with Crippen LogP contribution in [0.15, 0.2) is 18.2 Å². The van der Waals surface area contributed by atoms with E-state index in [9.17, 15) is 14.7 Å². The van der Waals surface area contributed by atoms with Gasteiger partial charge in [0, 0.05) is 11.6 Å². The van der Waals surface area contributed by atoms with Crippen molar-refractivity contribution >= 4 is 11.9 Å². The van der Waals surface area contributed by atoms with E-state index in [1.54, 1.807) is 26.8 Å². The van der Waals surface area contributed by atoms with Crippen molar-refractivity contribution in [1.29, 1.82) is 0 Å². The maximum Gasteiger partial charge on any atom is 0.323 e. The number of rotatable bonds is 4. The number of hydrogen-bond acceptors (Lipinski definition) is 3. The number of benzene rings is 1. The Balaban J connectivity index is 3.02. The van der Waals surface area contributed by atoms with Gasteiger partial charge in [0.2, 0.25) is 0 Å². The molecule has 0 bridgehead atoms. The quantitative estimate of drug-likeness (QED) is 0.852. The van der Waals surface area contributed by atoms with Gasteiger partial charge in [-0.25, -0.2) is 0 Å². The van der Waals surface area contributed by atoms with E-state index >= 15 is 0 Å². The van der Waals surface area contributed by atoms with Crippen LogP contribution in [-0.2, 0) is 4.79 Å². The predicted molar refractivity (Wildman–Crippen MR) is 66.7 cm³/mol. The fourth-order valence-electron chi connectivity index (χ4n) is 1.59. The second kappa shape index (κ2) is 5.53. The Morgan fingerprint density at radius 1 is 1.33 bits per heavy atom. The van der Waals surface area contributed by atoms with Crippen molar-refractivity contribution in [1.82, 2.24) is 4.90 Å². The molecule has 0 aliphatic rings. The molecule has 1 aromatic rings. The summed E-state index contributed by atoms with van der Waals surface area (Å²) in [5.41, 5.74) is 0.958. The lowest BCUT2D eigenvalue weighted by Gasteiger charge is -2.25. The van der Waals surface area contributed by atoms with E-state index in [0.29, 0.717) is 11.1 Å². The molecule has 0 unspecified atom stereocenters. The Morgan fingerprint density at radius 2 is 1.94 bits per heavy atom. The summed E-state index contributed by atoms with van der Waals surface area (Å²) in [7, 11) is 0. The summed E-state index contributed by atoms with van der Waals surface area (Å²) < 4.78 is 0. The number of nitrogens with zero attached hydrogens (tertiary/aromatic N) is 1. The van der Waals surface area contributed by atoms with Crippen LogP contribution in [0.25, 0.3) is 0 Å². The molecule has 5 heteroatoms. The highest BCUT2D eigenvalue weighted by atomic mass is 16.4. The number of carboxylic acid groups (broad SMARTS) is 1. The molecule has 2 N–H and O–H groups in total. The Bertz CT molecular complexity index is 468. The highest BCUT2D eigenvalue weighted by Crippen LogP contribution is 2.18. The highest BCUT2D eigenvalue weighted by molar-refractivity contribution is 5.96. The van der Waals surface area contributed by atoms with Crippen molar-refractivity contribution in [3.63, 3.8) is 0 Å². The summed E-state index contributed by atoms with van der Waals surface area (Å²) in [6, 6.07) is 4.27. The number of phenols is 1. The number of aliphatic carboxylic acids is 1. The molecule has 0 aliphatic carbocycles. The van der Waals surface area contributed by atoms with Crippen LogP contribution in [0.4, 0.5) is 0 Å². The summed E-state index contributed by atoms with van der Waals surface area (Å²) in [6.07, 6.45) is 0. The lowest BCUT2D eigenvalue weighted by molar-refractivity contribution is -0.138. The van der Waals surface area contributed by atoms with Gasteiger partial charge in [-0.05, 0) is 44.5 Å². The number of carboxylic acids is 1. The van der Waals surface area contributed by atoms with Gasteiger partial charge in [-0.15, -0.1) is 0 Å². The average molecular weight is 251 g/mol. The maximum absolute atomic E-state index is 12.2. The van der Waals surface area contributed by atoms with Gasteiger partial charge in [-0.2, -0.15) is 0 Å². The zero-order valence-electron chi connectivity index (χ0n) is 10.7. The van der Waals surface area contributed by atoms with Gasteiger partial charge in [0.25, 0.3) is 5.91 Å². The fraction of sp³-hybridized carbons (Fsp3) is 0.385. The van der Waals surface area contributed by atoms with Gasteiger partial charge < -0.3 is 15.1 Å². The summed E-state index contributed by atoms with van der Waals surface area (Å²) >= 11 is 0. The second-order valence-electron chi connectivity index (χ2n) is 4.42. The van der Waals surface area contributed by atoms with Crippen LogP contribution >= 0.6 is 0 Å². The van der Waals surface area contributed by atoms with Gasteiger partial charge >= 0.3 is 5.97 Å². The molecule has 0 aliphatic heterocycles. The normalized spacial score (nSPS) is 10.4. The molecule has 1 amide bonds. The molecule has 0 heterocycles. The van der Waals surface area contributed by atoms with E-state index in [-0.39, 0.29) is 24.2 Å². The number of aryl methyl sites for hydroxylation is 1. The number of aromatic hydroxyl groups is 1. The number of amides is 1. The largest absolute Gasteiger partial charge is 0.508 e. The molecular weight excluding hydrogens is 234 g/mol. The van der Waals surface area contributed by atoms with Crippen LogP contribution < -0.4 is 0 Å². The van der Waals surface area contributed by atoms with E-state index < -0.39 is 5.97 Å². The van der Waals surface area contributed by atoms with Crippen LogP contribution in [-0.4, -0.2) is 39.6 Å². The van der Waals surface area contributed by atoms with Crippen molar-refractivity contribution in [3.8, 4) is 5.75 Å². The first kappa shape index (κ1) is 14.0. The summed E-state index contributed by atoms with van der Waals surface area (Å²) in [4.78, 5) is 24.2. The molecule has 18 heavy (non-hydrogen) atoms. The Hall–Kier alpha value is -2.04. The van der Waals surface area contributed by atoms with Crippen molar-refractivity contribution in [2.45, 2.75) is 26.8 Å². The molecule has 0 fully saturated rings. The molecule has 1 rings (SSSR count). The van der Waals surface area contributed by atoms with Crippen LogP contribution in [0, 0.1) is 6.92 Å². The lowest BCUT2D eigenvalue weighted by atomic mass is 10.1. The smallest absolute Gasteiger partial charge is 0.323 e. The number of carbonyl (C=O) groups excluding carboxylic acids is 1. The average Bonchev–Trinajstić information content (AvgIpc) is 2.28.